The second-order valence-corrected chi connectivity index (χ2v) is 5.56. The summed E-state index contributed by atoms with van der Waals surface area (Å²) in [6.45, 7) is 6.72. The molecule has 0 saturated heterocycles. The molecular weight excluding hydrogens is 262 g/mol. The number of rotatable bonds is 3. The molecule has 2 aromatic rings. The van der Waals surface area contributed by atoms with Gasteiger partial charge in [0.05, 0.1) is 17.9 Å². The molecule has 0 atom stereocenters. The van der Waals surface area contributed by atoms with Crippen LogP contribution in [0.4, 0.5) is 5.69 Å². The number of benzene rings is 1. The van der Waals surface area contributed by atoms with E-state index in [0.717, 1.165) is 43.0 Å². The number of aryl methyl sites for hydroxylation is 2. The van der Waals surface area contributed by atoms with Crippen LogP contribution in [0.5, 0.6) is 0 Å². The zero-order valence-electron chi connectivity index (χ0n) is 12.7. The van der Waals surface area contributed by atoms with Gasteiger partial charge in [-0.15, -0.1) is 0 Å². The van der Waals surface area contributed by atoms with Crippen LogP contribution >= 0.6 is 0 Å². The molecule has 1 aromatic heterocycles. The number of Topliss-reactive ketones (excluding diaryl/α,β-unsaturated/α-hetero) is 1. The number of ketones is 1. The molecule has 0 amide bonds. The maximum Gasteiger partial charge on any atom is 0.165 e. The predicted octanol–water partition coefficient (Wildman–Crippen LogP) is 3.19. The van der Waals surface area contributed by atoms with Crippen LogP contribution in [0.15, 0.2) is 30.3 Å². The summed E-state index contributed by atoms with van der Waals surface area (Å²) >= 11 is 0. The highest BCUT2D eigenvalue weighted by molar-refractivity contribution is 6.01. The fourth-order valence-corrected chi connectivity index (χ4v) is 3.03. The van der Waals surface area contributed by atoms with E-state index < -0.39 is 0 Å². The summed E-state index contributed by atoms with van der Waals surface area (Å²) < 4.78 is 2.05. The van der Waals surface area contributed by atoms with E-state index in [1.54, 1.807) is 0 Å². The molecule has 0 fully saturated rings. The predicted molar refractivity (Wildman–Crippen MR) is 83.7 cm³/mol. The lowest BCUT2D eigenvalue weighted by Gasteiger charge is -2.24. The molecule has 1 aromatic carbocycles. The Balaban J connectivity index is 1.94. The number of hydrogen-bond donors (Lipinski definition) is 0. The molecular formula is C17H21N3O. The lowest BCUT2D eigenvalue weighted by Crippen LogP contribution is -2.25. The van der Waals surface area contributed by atoms with E-state index >= 15 is 0 Å². The van der Waals surface area contributed by atoms with Crippen molar-refractivity contribution < 1.29 is 4.79 Å². The van der Waals surface area contributed by atoms with Crippen molar-refractivity contribution in [3.8, 4) is 0 Å². The highest BCUT2D eigenvalue weighted by Crippen LogP contribution is 2.27. The summed E-state index contributed by atoms with van der Waals surface area (Å²) in [6.07, 6.45) is 1.55. The van der Waals surface area contributed by atoms with Crippen molar-refractivity contribution >= 4 is 11.5 Å². The van der Waals surface area contributed by atoms with Crippen molar-refractivity contribution in [2.45, 2.75) is 39.8 Å². The van der Waals surface area contributed by atoms with E-state index in [2.05, 4.69) is 29.1 Å². The van der Waals surface area contributed by atoms with Crippen LogP contribution < -0.4 is 4.90 Å². The molecule has 0 radical (unpaired) electrons. The summed E-state index contributed by atoms with van der Waals surface area (Å²) in [6, 6.07) is 10.1. The molecule has 1 aliphatic heterocycles. The van der Waals surface area contributed by atoms with E-state index in [9.17, 15) is 4.79 Å². The van der Waals surface area contributed by atoms with Crippen LogP contribution in [0, 0.1) is 6.92 Å². The number of anilines is 1. The molecule has 4 nitrogen and oxygen atoms in total. The molecule has 4 heteroatoms. The van der Waals surface area contributed by atoms with Crippen molar-refractivity contribution in [1.29, 1.82) is 0 Å². The molecule has 0 spiro atoms. The Morgan fingerprint density at radius 1 is 1.29 bits per heavy atom. The van der Waals surface area contributed by atoms with E-state index in [1.165, 1.54) is 5.69 Å². The third kappa shape index (κ3) is 2.71. The van der Waals surface area contributed by atoms with E-state index in [-0.39, 0.29) is 5.78 Å². The first-order valence-corrected chi connectivity index (χ1v) is 7.59. The Hall–Kier alpha value is -2.10. The molecule has 3 rings (SSSR count). The lowest BCUT2D eigenvalue weighted by atomic mass is 10.1. The zero-order valence-corrected chi connectivity index (χ0v) is 12.7. The van der Waals surface area contributed by atoms with Gasteiger partial charge in [-0.1, -0.05) is 12.1 Å². The van der Waals surface area contributed by atoms with E-state index in [4.69, 9.17) is 0 Å². The van der Waals surface area contributed by atoms with Crippen LogP contribution in [-0.4, -0.2) is 22.1 Å². The van der Waals surface area contributed by atoms with Crippen molar-refractivity contribution in [3.05, 3.63) is 47.3 Å². The minimum Gasteiger partial charge on any atom is -0.365 e. The number of nitrogens with zero attached hydrogens (tertiary/aromatic N) is 3. The van der Waals surface area contributed by atoms with Crippen molar-refractivity contribution in [2.24, 2.45) is 0 Å². The molecule has 0 saturated carbocycles. The van der Waals surface area contributed by atoms with Gasteiger partial charge in [0.15, 0.2) is 5.78 Å². The van der Waals surface area contributed by atoms with Gasteiger partial charge >= 0.3 is 0 Å². The van der Waals surface area contributed by atoms with Gasteiger partial charge in [-0.25, -0.2) is 0 Å². The number of carbonyl (C=O) groups is 1. The second-order valence-electron chi connectivity index (χ2n) is 5.56. The van der Waals surface area contributed by atoms with Gasteiger partial charge in [0.2, 0.25) is 0 Å². The molecule has 0 N–H and O–H groups in total. The first-order valence-electron chi connectivity index (χ1n) is 7.59. The minimum absolute atomic E-state index is 0.258. The number of hydrogen-bond acceptors (Lipinski definition) is 3. The second kappa shape index (κ2) is 5.72. The summed E-state index contributed by atoms with van der Waals surface area (Å²) in [7, 11) is 0. The van der Waals surface area contributed by atoms with E-state index in [0.29, 0.717) is 6.42 Å². The molecule has 0 unspecified atom stereocenters. The van der Waals surface area contributed by atoms with Gasteiger partial charge < -0.3 is 4.90 Å². The minimum atomic E-state index is 0.258. The van der Waals surface area contributed by atoms with Crippen LogP contribution in [0.25, 0.3) is 0 Å². The number of fused-ring (bicyclic) bond motifs is 1. The maximum atomic E-state index is 12.2. The normalized spacial score (nSPS) is 15.0. The summed E-state index contributed by atoms with van der Waals surface area (Å²) in [5, 5.41) is 4.51. The first kappa shape index (κ1) is 13.9. The SMILES string of the molecule is CCn1nc(C)cc1CN1CCCC(=O)c2ccccc21. The van der Waals surface area contributed by atoms with Crippen LogP contribution in [0.1, 0.15) is 41.5 Å². The first-order chi connectivity index (χ1) is 10.2. The number of aromatic nitrogens is 2. The van der Waals surface area contributed by atoms with Crippen molar-refractivity contribution in [1.82, 2.24) is 9.78 Å². The third-order valence-corrected chi connectivity index (χ3v) is 4.01. The Morgan fingerprint density at radius 3 is 2.90 bits per heavy atom. The standard InChI is InChI=1S/C17H21N3O/c1-3-20-14(11-13(2)18-20)12-19-10-6-9-17(21)15-7-4-5-8-16(15)19/h4-5,7-8,11H,3,6,9-10,12H2,1-2H3. The van der Waals surface area contributed by atoms with Crippen LogP contribution in [0.3, 0.4) is 0 Å². The molecule has 110 valence electrons. The third-order valence-electron chi connectivity index (χ3n) is 4.01. The number of para-hydroxylation sites is 1. The highest BCUT2D eigenvalue weighted by Gasteiger charge is 2.21. The fourth-order valence-electron chi connectivity index (χ4n) is 3.03. The monoisotopic (exact) mass is 283 g/mol. The van der Waals surface area contributed by atoms with Crippen molar-refractivity contribution in [3.63, 3.8) is 0 Å². The largest absolute Gasteiger partial charge is 0.365 e. The zero-order chi connectivity index (χ0) is 14.8. The Morgan fingerprint density at radius 2 is 2.10 bits per heavy atom. The average Bonchev–Trinajstić information content (AvgIpc) is 2.77. The topological polar surface area (TPSA) is 38.1 Å². The lowest BCUT2D eigenvalue weighted by molar-refractivity contribution is 0.0984. The van der Waals surface area contributed by atoms with Crippen LogP contribution in [0.2, 0.25) is 0 Å². The van der Waals surface area contributed by atoms with Gasteiger partial charge in [0, 0.05) is 30.8 Å². The number of carbonyl (C=O) groups excluding carboxylic acids is 1. The quantitative estimate of drug-likeness (QED) is 0.868. The summed E-state index contributed by atoms with van der Waals surface area (Å²) in [5.41, 5.74) is 4.17. The molecule has 2 heterocycles. The highest BCUT2D eigenvalue weighted by atomic mass is 16.1. The maximum absolute atomic E-state index is 12.2. The molecule has 0 bridgehead atoms. The van der Waals surface area contributed by atoms with Crippen molar-refractivity contribution in [2.75, 3.05) is 11.4 Å². The van der Waals surface area contributed by atoms with Gasteiger partial charge in [0.25, 0.3) is 0 Å². The Labute approximate surface area is 125 Å². The fraction of sp³-hybridized carbons (Fsp3) is 0.412. The molecule has 21 heavy (non-hydrogen) atoms. The van der Waals surface area contributed by atoms with Gasteiger partial charge in [-0.05, 0) is 38.5 Å². The van der Waals surface area contributed by atoms with E-state index in [1.807, 2.05) is 29.8 Å². The molecule has 1 aliphatic rings. The smallest absolute Gasteiger partial charge is 0.165 e. The van der Waals surface area contributed by atoms with Gasteiger partial charge in [-0.3, -0.25) is 9.48 Å². The van der Waals surface area contributed by atoms with Gasteiger partial charge in [-0.2, -0.15) is 5.10 Å². The summed E-state index contributed by atoms with van der Waals surface area (Å²) in [5.74, 6) is 0.258. The summed E-state index contributed by atoms with van der Waals surface area (Å²) in [4.78, 5) is 14.5. The van der Waals surface area contributed by atoms with Gasteiger partial charge in [0.1, 0.15) is 0 Å². The molecule has 0 aliphatic carbocycles. The van der Waals surface area contributed by atoms with Crippen LogP contribution in [-0.2, 0) is 13.1 Å². The average molecular weight is 283 g/mol. The Kier molecular flexibility index (Phi) is 3.78. The Bertz CT molecular complexity index is 660.